The maximum absolute atomic E-state index is 12.7. The summed E-state index contributed by atoms with van der Waals surface area (Å²) in [5.74, 6) is -0.352. The van der Waals surface area contributed by atoms with E-state index in [1.807, 2.05) is 26.0 Å². The second kappa shape index (κ2) is 9.53. The zero-order valence-electron chi connectivity index (χ0n) is 17.5. The van der Waals surface area contributed by atoms with Crippen LogP contribution in [0.3, 0.4) is 0 Å². The van der Waals surface area contributed by atoms with E-state index in [1.165, 1.54) is 16.4 Å². The maximum Gasteiger partial charge on any atom is 0.243 e. The molecule has 3 rings (SSSR count). The summed E-state index contributed by atoms with van der Waals surface area (Å²) in [6, 6.07) is 11.7. The number of carbonyl (C=O) groups excluding carboxylic acids is 2. The molecule has 1 aliphatic heterocycles. The maximum atomic E-state index is 12.7. The lowest BCUT2D eigenvalue weighted by Gasteiger charge is -2.25. The van der Waals surface area contributed by atoms with Crippen molar-refractivity contribution in [1.29, 1.82) is 0 Å². The number of sulfonamides is 1. The summed E-state index contributed by atoms with van der Waals surface area (Å²) >= 11 is 0. The molecule has 0 spiro atoms. The highest BCUT2D eigenvalue weighted by atomic mass is 32.2. The first kappa shape index (κ1) is 22.2. The first-order valence-electron chi connectivity index (χ1n) is 10.3. The van der Waals surface area contributed by atoms with Crippen LogP contribution in [-0.2, 0) is 14.8 Å². The van der Waals surface area contributed by atoms with Crippen LogP contribution in [0.25, 0.3) is 0 Å². The first-order chi connectivity index (χ1) is 14.3. The molecule has 1 N–H and O–H groups in total. The Hall–Kier alpha value is -2.51. The molecule has 0 bridgehead atoms. The van der Waals surface area contributed by atoms with Gasteiger partial charge in [-0.2, -0.15) is 4.31 Å². The molecule has 1 saturated heterocycles. The zero-order valence-corrected chi connectivity index (χ0v) is 18.3. The van der Waals surface area contributed by atoms with Crippen LogP contribution >= 0.6 is 0 Å². The SMILES string of the molecule is Cc1ccc(C(=O)CCC(=O)Nc2ccc(S(=O)(=O)N3CCCCC3)cc2)cc1C. The van der Waals surface area contributed by atoms with Crippen molar-refractivity contribution < 1.29 is 18.0 Å². The number of anilines is 1. The van der Waals surface area contributed by atoms with E-state index in [0.29, 0.717) is 24.3 Å². The number of ketones is 1. The van der Waals surface area contributed by atoms with Gasteiger partial charge in [-0.3, -0.25) is 9.59 Å². The van der Waals surface area contributed by atoms with E-state index in [1.54, 1.807) is 18.2 Å². The second-order valence-corrected chi connectivity index (χ2v) is 9.70. The molecule has 0 radical (unpaired) electrons. The molecule has 0 unspecified atom stereocenters. The average Bonchev–Trinajstić information content (AvgIpc) is 2.75. The Morgan fingerprint density at radius 2 is 1.57 bits per heavy atom. The minimum Gasteiger partial charge on any atom is -0.326 e. The van der Waals surface area contributed by atoms with Gasteiger partial charge < -0.3 is 5.32 Å². The van der Waals surface area contributed by atoms with Crippen molar-refractivity contribution in [3.8, 4) is 0 Å². The number of benzene rings is 2. The Labute approximate surface area is 178 Å². The largest absolute Gasteiger partial charge is 0.326 e. The van der Waals surface area contributed by atoms with Crippen LogP contribution in [0.5, 0.6) is 0 Å². The predicted octanol–water partition coefficient (Wildman–Crippen LogP) is 4.08. The van der Waals surface area contributed by atoms with Crippen LogP contribution in [0, 0.1) is 13.8 Å². The van der Waals surface area contributed by atoms with Crippen molar-refractivity contribution in [2.24, 2.45) is 0 Å². The first-order valence-corrected chi connectivity index (χ1v) is 11.7. The molecule has 1 heterocycles. The fourth-order valence-electron chi connectivity index (χ4n) is 3.47. The van der Waals surface area contributed by atoms with Crippen molar-refractivity contribution >= 4 is 27.4 Å². The van der Waals surface area contributed by atoms with E-state index in [0.717, 1.165) is 30.4 Å². The minimum absolute atomic E-state index is 0.0690. The monoisotopic (exact) mass is 428 g/mol. The zero-order chi connectivity index (χ0) is 21.7. The lowest BCUT2D eigenvalue weighted by Crippen LogP contribution is -2.35. The van der Waals surface area contributed by atoms with E-state index in [9.17, 15) is 18.0 Å². The van der Waals surface area contributed by atoms with Crippen molar-refractivity contribution in [3.63, 3.8) is 0 Å². The van der Waals surface area contributed by atoms with Crippen molar-refractivity contribution in [2.75, 3.05) is 18.4 Å². The van der Waals surface area contributed by atoms with E-state index in [4.69, 9.17) is 0 Å². The highest BCUT2D eigenvalue weighted by Gasteiger charge is 2.25. The Bertz CT molecular complexity index is 1020. The number of rotatable bonds is 7. The third-order valence-electron chi connectivity index (χ3n) is 5.50. The van der Waals surface area contributed by atoms with E-state index in [2.05, 4.69) is 5.32 Å². The summed E-state index contributed by atoms with van der Waals surface area (Å²) in [5, 5.41) is 2.73. The van der Waals surface area contributed by atoms with Gasteiger partial charge in [-0.25, -0.2) is 8.42 Å². The third kappa shape index (κ3) is 5.34. The minimum atomic E-state index is -3.49. The van der Waals surface area contributed by atoms with Crippen LogP contribution < -0.4 is 5.32 Å². The number of Topliss-reactive ketones (excluding diaryl/α,β-unsaturated/α-hetero) is 1. The molecule has 0 atom stereocenters. The van der Waals surface area contributed by atoms with Crippen LogP contribution in [0.15, 0.2) is 47.4 Å². The summed E-state index contributed by atoms with van der Waals surface area (Å²) in [4.78, 5) is 24.8. The molecule has 1 fully saturated rings. The average molecular weight is 429 g/mol. The Balaban J connectivity index is 1.55. The number of aryl methyl sites for hydroxylation is 2. The molecule has 0 aliphatic carbocycles. The van der Waals surface area contributed by atoms with Gasteiger partial charge in [0.15, 0.2) is 5.78 Å². The molecule has 1 amide bonds. The van der Waals surface area contributed by atoms with Gasteiger partial charge in [-0.15, -0.1) is 0 Å². The summed E-state index contributed by atoms with van der Waals surface area (Å²) in [6.07, 6.45) is 3.01. The van der Waals surface area contributed by atoms with E-state index in [-0.39, 0.29) is 29.4 Å². The van der Waals surface area contributed by atoms with E-state index >= 15 is 0 Å². The number of nitrogens with zero attached hydrogens (tertiary/aromatic N) is 1. The number of amides is 1. The van der Waals surface area contributed by atoms with Crippen LogP contribution in [0.1, 0.15) is 53.6 Å². The molecule has 6 nitrogen and oxygen atoms in total. The van der Waals surface area contributed by atoms with Gasteiger partial charge in [0.05, 0.1) is 4.90 Å². The van der Waals surface area contributed by atoms with Crippen molar-refractivity contribution in [2.45, 2.75) is 50.8 Å². The van der Waals surface area contributed by atoms with E-state index < -0.39 is 10.0 Å². The topological polar surface area (TPSA) is 83.5 Å². The van der Waals surface area contributed by atoms with Gasteiger partial charge >= 0.3 is 0 Å². The number of hydrogen-bond donors (Lipinski definition) is 1. The predicted molar refractivity (Wildman–Crippen MR) is 117 cm³/mol. The molecule has 2 aromatic carbocycles. The Morgan fingerprint density at radius 3 is 2.20 bits per heavy atom. The number of hydrogen-bond acceptors (Lipinski definition) is 4. The van der Waals surface area contributed by atoms with Crippen LogP contribution in [0.2, 0.25) is 0 Å². The summed E-state index contributed by atoms with van der Waals surface area (Å²) in [6.45, 7) is 5.04. The molecular weight excluding hydrogens is 400 g/mol. The second-order valence-electron chi connectivity index (χ2n) is 7.76. The normalized spacial score (nSPS) is 15.0. The summed E-state index contributed by atoms with van der Waals surface area (Å²) in [7, 11) is -3.49. The molecule has 0 aromatic heterocycles. The lowest BCUT2D eigenvalue weighted by molar-refractivity contribution is -0.116. The molecule has 160 valence electrons. The standard InChI is InChI=1S/C23H28N2O4S/c1-17-6-7-19(16-18(17)2)22(26)12-13-23(27)24-20-8-10-21(11-9-20)30(28,29)25-14-4-3-5-15-25/h6-11,16H,3-5,12-15H2,1-2H3,(H,24,27). The number of carbonyl (C=O) groups is 2. The molecule has 0 saturated carbocycles. The Morgan fingerprint density at radius 1 is 0.900 bits per heavy atom. The molecule has 7 heteroatoms. The molecule has 1 aliphatic rings. The van der Waals surface area contributed by atoms with Gasteiger partial charge in [0.25, 0.3) is 0 Å². The van der Waals surface area contributed by atoms with Gasteiger partial charge in [-0.05, 0) is 68.1 Å². The summed E-state index contributed by atoms with van der Waals surface area (Å²) in [5.41, 5.74) is 3.29. The van der Waals surface area contributed by atoms with Crippen LogP contribution in [-0.4, -0.2) is 37.5 Å². The fourth-order valence-corrected chi connectivity index (χ4v) is 4.99. The molecule has 30 heavy (non-hydrogen) atoms. The Kier molecular flexibility index (Phi) is 7.05. The molecular formula is C23H28N2O4S. The number of nitrogens with one attached hydrogen (secondary N) is 1. The fraction of sp³-hybridized carbons (Fsp3) is 0.391. The van der Waals surface area contributed by atoms with Gasteiger partial charge in [-0.1, -0.05) is 18.6 Å². The lowest BCUT2D eigenvalue weighted by atomic mass is 10.0. The smallest absolute Gasteiger partial charge is 0.243 e. The van der Waals surface area contributed by atoms with Crippen molar-refractivity contribution in [1.82, 2.24) is 4.31 Å². The van der Waals surface area contributed by atoms with Crippen LogP contribution in [0.4, 0.5) is 5.69 Å². The van der Waals surface area contributed by atoms with Gasteiger partial charge in [0.1, 0.15) is 0 Å². The highest BCUT2D eigenvalue weighted by molar-refractivity contribution is 7.89. The number of piperidine rings is 1. The van der Waals surface area contributed by atoms with Gasteiger partial charge in [0.2, 0.25) is 15.9 Å². The quantitative estimate of drug-likeness (QED) is 0.674. The summed E-state index contributed by atoms with van der Waals surface area (Å²) < 4.78 is 26.9. The molecule has 2 aromatic rings. The third-order valence-corrected chi connectivity index (χ3v) is 7.41. The highest BCUT2D eigenvalue weighted by Crippen LogP contribution is 2.22. The van der Waals surface area contributed by atoms with Crippen molar-refractivity contribution in [3.05, 3.63) is 59.2 Å². The van der Waals surface area contributed by atoms with Gasteiger partial charge in [0, 0.05) is 37.2 Å².